The molecule has 1 aliphatic rings. The van der Waals surface area contributed by atoms with E-state index in [0.717, 1.165) is 12.1 Å². The number of thiocarbonyl (C=S) groups is 1. The Hall–Kier alpha value is -1.55. The SMILES string of the molecule is [B]c1cc(OC(F)(F)F)cc(Br)c1C1=C(OC(C)=S)C(C)(C)NC1=O. The summed E-state index contributed by atoms with van der Waals surface area (Å²) < 4.78 is 46.7. The Bertz CT molecular complexity index is 770. The van der Waals surface area contributed by atoms with Crippen LogP contribution in [-0.2, 0) is 9.53 Å². The van der Waals surface area contributed by atoms with E-state index >= 15 is 0 Å². The number of carbonyl (C=O) groups excluding carboxylic acids is 1. The molecule has 0 atom stereocenters. The van der Waals surface area contributed by atoms with Crippen molar-refractivity contribution in [2.24, 2.45) is 0 Å². The summed E-state index contributed by atoms with van der Waals surface area (Å²) in [4.78, 5) is 12.4. The summed E-state index contributed by atoms with van der Waals surface area (Å²) in [5.41, 5.74) is -0.653. The third kappa shape index (κ3) is 4.35. The van der Waals surface area contributed by atoms with E-state index in [1.807, 2.05) is 0 Å². The number of hydrogen-bond donors (Lipinski definition) is 1. The van der Waals surface area contributed by atoms with Gasteiger partial charge in [0.1, 0.15) is 19.4 Å². The van der Waals surface area contributed by atoms with Crippen LogP contribution in [0.25, 0.3) is 5.57 Å². The van der Waals surface area contributed by atoms with E-state index in [1.165, 1.54) is 6.92 Å². The van der Waals surface area contributed by atoms with Gasteiger partial charge in [0, 0.05) is 11.4 Å². The zero-order chi connectivity index (χ0) is 19.2. The lowest BCUT2D eigenvalue weighted by Gasteiger charge is -2.22. The molecule has 2 rings (SSSR count). The molecular formula is C15H12BBrF3NO3S. The van der Waals surface area contributed by atoms with Crippen LogP contribution in [0.2, 0.25) is 0 Å². The molecule has 1 aliphatic heterocycles. The van der Waals surface area contributed by atoms with Crippen molar-refractivity contribution in [1.29, 1.82) is 0 Å². The van der Waals surface area contributed by atoms with E-state index in [2.05, 4.69) is 26.0 Å². The minimum Gasteiger partial charge on any atom is -0.452 e. The maximum atomic E-state index is 12.4. The lowest BCUT2D eigenvalue weighted by atomic mass is 9.85. The summed E-state index contributed by atoms with van der Waals surface area (Å²) in [5.74, 6) is -0.748. The maximum absolute atomic E-state index is 12.4. The third-order valence-electron chi connectivity index (χ3n) is 3.27. The number of rotatable bonds is 3. The Balaban J connectivity index is 2.63. The summed E-state index contributed by atoms with van der Waals surface area (Å²) in [6.07, 6.45) is -4.86. The van der Waals surface area contributed by atoms with Crippen LogP contribution < -0.4 is 15.5 Å². The number of halogens is 4. The van der Waals surface area contributed by atoms with Crippen molar-refractivity contribution >= 4 is 58.0 Å². The Labute approximate surface area is 157 Å². The molecular weight excluding hydrogens is 422 g/mol. The van der Waals surface area contributed by atoms with Crippen molar-refractivity contribution in [3.8, 4) is 5.75 Å². The molecule has 1 N–H and O–H groups in total. The van der Waals surface area contributed by atoms with E-state index in [1.54, 1.807) is 13.8 Å². The predicted octanol–water partition coefficient (Wildman–Crippen LogP) is 3.12. The van der Waals surface area contributed by atoms with Gasteiger partial charge in [0.15, 0.2) is 5.05 Å². The Kier molecular flexibility index (Phi) is 5.25. The largest absolute Gasteiger partial charge is 0.573 e. The van der Waals surface area contributed by atoms with Crippen LogP contribution in [0.1, 0.15) is 26.3 Å². The van der Waals surface area contributed by atoms with Crippen molar-refractivity contribution in [1.82, 2.24) is 5.32 Å². The fourth-order valence-electron chi connectivity index (χ4n) is 2.43. The first-order valence-corrected chi connectivity index (χ1v) is 8.13. The van der Waals surface area contributed by atoms with Gasteiger partial charge in [0.2, 0.25) is 0 Å². The molecule has 0 aromatic heterocycles. The van der Waals surface area contributed by atoms with Crippen LogP contribution in [0, 0.1) is 0 Å². The monoisotopic (exact) mass is 433 g/mol. The van der Waals surface area contributed by atoms with Gasteiger partial charge in [-0.3, -0.25) is 4.79 Å². The Morgan fingerprint density at radius 1 is 1.36 bits per heavy atom. The number of benzene rings is 1. The summed E-state index contributed by atoms with van der Waals surface area (Å²) in [7, 11) is 5.88. The zero-order valence-electron chi connectivity index (χ0n) is 13.4. The van der Waals surface area contributed by atoms with E-state index in [9.17, 15) is 18.0 Å². The van der Waals surface area contributed by atoms with Crippen LogP contribution >= 0.6 is 28.1 Å². The molecule has 4 nitrogen and oxygen atoms in total. The normalized spacial score (nSPS) is 16.7. The molecule has 1 aromatic rings. The molecule has 25 heavy (non-hydrogen) atoms. The van der Waals surface area contributed by atoms with Gasteiger partial charge in [0.05, 0.1) is 11.1 Å². The van der Waals surface area contributed by atoms with E-state index < -0.39 is 23.6 Å². The number of ether oxygens (including phenoxy) is 2. The van der Waals surface area contributed by atoms with Gasteiger partial charge in [-0.25, -0.2) is 0 Å². The molecule has 1 amide bonds. The summed E-state index contributed by atoms with van der Waals surface area (Å²) in [5, 5.41) is 2.90. The summed E-state index contributed by atoms with van der Waals surface area (Å²) in [6, 6.07) is 2.06. The molecule has 0 fully saturated rings. The van der Waals surface area contributed by atoms with Crippen molar-refractivity contribution in [3.05, 3.63) is 27.9 Å². The van der Waals surface area contributed by atoms with Gasteiger partial charge in [-0.1, -0.05) is 21.4 Å². The fraction of sp³-hybridized carbons (Fsp3) is 0.333. The molecule has 132 valence electrons. The highest BCUT2D eigenvalue weighted by Gasteiger charge is 2.42. The topological polar surface area (TPSA) is 47.6 Å². The minimum atomic E-state index is -4.86. The first-order valence-electron chi connectivity index (χ1n) is 6.92. The van der Waals surface area contributed by atoms with E-state index in [4.69, 9.17) is 24.8 Å². The lowest BCUT2D eigenvalue weighted by Crippen LogP contribution is -2.39. The fourth-order valence-corrected chi connectivity index (χ4v) is 3.16. The average molecular weight is 434 g/mol. The van der Waals surface area contributed by atoms with Crippen molar-refractivity contribution < 1.29 is 27.4 Å². The highest BCUT2D eigenvalue weighted by atomic mass is 79.9. The van der Waals surface area contributed by atoms with Crippen LogP contribution in [0.15, 0.2) is 22.4 Å². The van der Waals surface area contributed by atoms with Gasteiger partial charge in [-0.15, -0.1) is 13.2 Å². The standard InChI is InChI=1S/C15H12BBrF3NO3S/c1-6(25)23-12-11(13(22)21-14(12,2)3)10-8(16)4-7(5-9(10)17)24-15(18,19)20/h4-5H,1-3H3,(H,21,22). The minimum absolute atomic E-state index is 0.0837. The second kappa shape index (κ2) is 6.64. The number of alkyl halides is 3. The zero-order valence-corrected chi connectivity index (χ0v) is 15.8. The first-order chi connectivity index (χ1) is 11.3. The van der Waals surface area contributed by atoms with Crippen LogP contribution in [0.4, 0.5) is 13.2 Å². The van der Waals surface area contributed by atoms with E-state index in [-0.39, 0.29) is 31.9 Å². The molecule has 10 heteroatoms. The quantitative estimate of drug-likeness (QED) is 0.587. The average Bonchev–Trinajstić information content (AvgIpc) is 2.57. The Morgan fingerprint density at radius 3 is 2.44 bits per heavy atom. The molecule has 0 spiro atoms. The highest BCUT2D eigenvalue weighted by molar-refractivity contribution is 9.10. The number of carbonyl (C=O) groups is 1. The smallest absolute Gasteiger partial charge is 0.452 e. The molecule has 0 bridgehead atoms. The molecule has 0 saturated carbocycles. The van der Waals surface area contributed by atoms with Gasteiger partial charge in [-0.05, 0) is 43.8 Å². The number of amides is 1. The van der Waals surface area contributed by atoms with E-state index in [0.29, 0.717) is 0 Å². The summed E-state index contributed by atoms with van der Waals surface area (Å²) in [6.45, 7) is 4.95. The van der Waals surface area contributed by atoms with Crippen LogP contribution in [0.5, 0.6) is 5.75 Å². The van der Waals surface area contributed by atoms with Gasteiger partial charge in [0.25, 0.3) is 5.91 Å². The Morgan fingerprint density at radius 2 is 1.96 bits per heavy atom. The van der Waals surface area contributed by atoms with Crippen molar-refractivity contribution in [2.75, 3.05) is 0 Å². The van der Waals surface area contributed by atoms with Crippen molar-refractivity contribution in [2.45, 2.75) is 32.7 Å². The second-order valence-electron chi connectivity index (χ2n) is 5.79. The van der Waals surface area contributed by atoms with Gasteiger partial charge in [-0.2, -0.15) is 0 Å². The maximum Gasteiger partial charge on any atom is 0.573 e. The van der Waals surface area contributed by atoms with Crippen molar-refractivity contribution in [3.63, 3.8) is 0 Å². The molecule has 0 saturated heterocycles. The first kappa shape index (κ1) is 19.8. The van der Waals surface area contributed by atoms with Gasteiger partial charge >= 0.3 is 6.36 Å². The highest BCUT2D eigenvalue weighted by Crippen LogP contribution is 2.37. The molecule has 1 aromatic carbocycles. The van der Waals surface area contributed by atoms with Crippen LogP contribution in [-0.4, -0.2) is 30.7 Å². The molecule has 2 radical (unpaired) electrons. The second-order valence-corrected chi connectivity index (χ2v) is 7.22. The molecule has 0 aliphatic carbocycles. The molecule has 1 heterocycles. The van der Waals surface area contributed by atoms with Crippen LogP contribution in [0.3, 0.4) is 0 Å². The third-order valence-corrected chi connectivity index (χ3v) is 3.98. The number of nitrogens with one attached hydrogen (secondary N) is 1. The lowest BCUT2D eigenvalue weighted by molar-refractivity contribution is -0.274. The molecule has 0 unspecified atom stereocenters. The summed E-state index contributed by atoms with van der Waals surface area (Å²) >= 11 is 8.08. The van der Waals surface area contributed by atoms with Gasteiger partial charge < -0.3 is 14.8 Å². The number of hydrogen-bond acceptors (Lipinski definition) is 4. The predicted molar refractivity (Wildman–Crippen MR) is 94.7 cm³/mol.